The maximum absolute atomic E-state index is 11.7. The van der Waals surface area contributed by atoms with Gasteiger partial charge in [-0.3, -0.25) is 15.0 Å². The van der Waals surface area contributed by atoms with E-state index in [2.05, 4.69) is 15.5 Å². The number of likely N-dealkylation sites (N-methyl/N-ethyl adjacent to an activating group) is 1. The third kappa shape index (κ3) is 5.50. The summed E-state index contributed by atoms with van der Waals surface area (Å²) >= 11 is 1.31. The van der Waals surface area contributed by atoms with Gasteiger partial charge in [-0.05, 0) is 7.05 Å². The lowest BCUT2D eigenvalue weighted by molar-refractivity contribution is -0.117. The van der Waals surface area contributed by atoms with Gasteiger partial charge in [-0.2, -0.15) is 0 Å². The summed E-state index contributed by atoms with van der Waals surface area (Å²) < 4.78 is 9.86. The highest BCUT2D eigenvalue weighted by Gasteiger charge is 2.10. The van der Waals surface area contributed by atoms with E-state index in [0.717, 1.165) is 5.01 Å². The van der Waals surface area contributed by atoms with Gasteiger partial charge in [0.25, 0.3) is 0 Å². The predicted molar refractivity (Wildman–Crippen MR) is 68.6 cm³/mol. The molecule has 0 spiro atoms. The predicted octanol–water partition coefficient (Wildman–Crippen LogP) is 0.201. The van der Waals surface area contributed by atoms with Crippen LogP contribution in [0.4, 0.5) is 5.13 Å². The highest BCUT2D eigenvalue weighted by atomic mass is 32.1. The summed E-state index contributed by atoms with van der Waals surface area (Å²) in [5.74, 6) is -0.117. The molecule has 18 heavy (non-hydrogen) atoms. The van der Waals surface area contributed by atoms with Crippen molar-refractivity contribution in [1.82, 2.24) is 15.1 Å². The Morgan fingerprint density at radius 2 is 2.17 bits per heavy atom. The van der Waals surface area contributed by atoms with Gasteiger partial charge < -0.3 is 9.47 Å². The van der Waals surface area contributed by atoms with Crippen LogP contribution in [0.3, 0.4) is 0 Å². The Labute approximate surface area is 110 Å². The van der Waals surface area contributed by atoms with E-state index in [4.69, 9.17) is 9.47 Å². The first-order chi connectivity index (χ1) is 8.65. The second-order valence-corrected chi connectivity index (χ2v) is 4.77. The fourth-order valence-electron chi connectivity index (χ4n) is 1.22. The van der Waals surface area contributed by atoms with Gasteiger partial charge in [0.05, 0.1) is 13.2 Å². The van der Waals surface area contributed by atoms with E-state index in [0.29, 0.717) is 31.4 Å². The first-order valence-corrected chi connectivity index (χ1v) is 6.26. The Kier molecular flexibility index (Phi) is 6.73. The number of carbonyl (C=O) groups excluding carboxylic acids is 1. The Bertz CT molecular complexity index is 372. The van der Waals surface area contributed by atoms with Crippen molar-refractivity contribution >= 4 is 22.4 Å². The molecule has 1 aromatic heterocycles. The normalized spacial score (nSPS) is 10.9. The van der Waals surface area contributed by atoms with Crippen molar-refractivity contribution in [2.45, 2.75) is 6.61 Å². The monoisotopic (exact) mass is 274 g/mol. The summed E-state index contributed by atoms with van der Waals surface area (Å²) in [6.45, 7) is 2.00. The molecule has 7 nitrogen and oxygen atoms in total. The molecular weight excluding hydrogens is 256 g/mol. The third-order valence-corrected chi connectivity index (χ3v) is 2.88. The average molecular weight is 274 g/mol. The molecule has 0 radical (unpaired) electrons. The van der Waals surface area contributed by atoms with Crippen LogP contribution in [-0.2, 0) is 20.9 Å². The molecule has 1 aromatic rings. The number of ether oxygens (including phenoxy) is 2. The van der Waals surface area contributed by atoms with E-state index >= 15 is 0 Å². The van der Waals surface area contributed by atoms with Gasteiger partial charge >= 0.3 is 0 Å². The molecule has 0 bridgehead atoms. The molecule has 1 N–H and O–H groups in total. The maximum atomic E-state index is 11.7. The van der Waals surface area contributed by atoms with Crippen molar-refractivity contribution in [2.24, 2.45) is 0 Å². The number of aromatic nitrogens is 2. The number of hydrogen-bond acceptors (Lipinski definition) is 7. The van der Waals surface area contributed by atoms with Crippen molar-refractivity contribution < 1.29 is 14.3 Å². The summed E-state index contributed by atoms with van der Waals surface area (Å²) in [6.07, 6.45) is 0. The third-order valence-electron chi connectivity index (χ3n) is 2.07. The lowest BCUT2D eigenvalue weighted by Gasteiger charge is -2.14. The number of nitrogens with zero attached hydrogens (tertiary/aromatic N) is 3. The quantitative estimate of drug-likeness (QED) is 0.730. The Hall–Kier alpha value is -1.09. The highest BCUT2D eigenvalue weighted by Crippen LogP contribution is 2.15. The zero-order valence-electron chi connectivity index (χ0n) is 10.8. The van der Waals surface area contributed by atoms with E-state index in [9.17, 15) is 4.79 Å². The highest BCUT2D eigenvalue weighted by molar-refractivity contribution is 7.15. The van der Waals surface area contributed by atoms with Crippen molar-refractivity contribution in [3.05, 3.63) is 5.01 Å². The van der Waals surface area contributed by atoms with Crippen LogP contribution in [-0.4, -0.2) is 62.0 Å². The van der Waals surface area contributed by atoms with Gasteiger partial charge in [0.1, 0.15) is 11.6 Å². The average Bonchev–Trinajstić information content (AvgIpc) is 2.74. The second kappa shape index (κ2) is 8.09. The van der Waals surface area contributed by atoms with E-state index in [1.807, 2.05) is 11.9 Å². The molecule has 8 heteroatoms. The zero-order chi connectivity index (χ0) is 13.4. The van der Waals surface area contributed by atoms with E-state index < -0.39 is 0 Å². The Morgan fingerprint density at radius 1 is 1.39 bits per heavy atom. The molecule has 0 saturated heterocycles. The van der Waals surface area contributed by atoms with Gasteiger partial charge in [0.2, 0.25) is 11.0 Å². The lowest BCUT2D eigenvalue weighted by atomic mass is 10.5. The molecule has 0 aliphatic rings. The molecule has 0 aliphatic heterocycles. The smallest absolute Gasteiger partial charge is 0.240 e. The van der Waals surface area contributed by atoms with Crippen LogP contribution in [0, 0.1) is 0 Å². The molecule has 0 atom stereocenters. The topological polar surface area (TPSA) is 76.6 Å². The fourth-order valence-corrected chi connectivity index (χ4v) is 1.94. The van der Waals surface area contributed by atoms with Crippen LogP contribution in [0.5, 0.6) is 0 Å². The standard InChI is InChI=1S/C10H18N4O3S/c1-14(4-5-16-2)6-8(15)11-10-13-12-9(18-10)7-17-3/h4-7H2,1-3H3,(H,11,13,15). The van der Waals surface area contributed by atoms with Crippen LogP contribution in [0.2, 0.25) is 0 Å². The van der Waals surface area contributed by atoms with Crippen LogP contribution in [0.1, 0.15) is 5.01 Å². The number of rotatable bonds is 8. The van der Waals surface area contributed by atoms with E-state index in [1.54, 1.807) is 14.2 Å². The summed E-state index contributed by atoms with van der Waals surface area (Å²) in [4.78, 5) is 13.5. The van der Waals surface area contributed by atoms with Gasteiger partial charge in [0.15, 0.2) is 0 Å². The molecule has 1 rings (SSSR count). The number of hydrogen-bond donors (Lipinski definition) is 1. The summed E-state index contributed by atoms with van der Waals surface area (Å²) in [5.41, 5.74) is 0. The van der Waals surface area contributed by atoms with Crippen molar-refractivity contribution in [1.29, 1.82) is 0 Å². The number of amides is 1. The minimum atomic E-state index is -0.117. The number of nitrogens with one attached hydrogen (secondary N) is 1. The molecule has 0 unspecified atom stereocenters. The molecule has 1 amide bonds. The zero-order valence-corrected chi connectivity index (χ0v) is 11.6. The van der Waals surface area contributed by atoms with Crippen molar-refractivity contribution in [2.75, 3.05) is 46.3 Å². The van der Waals surface area contributed by atoms with Gasteiger partial charge in [0, 0.05) is 20.8 Å². The van der Waals surface area contributed by atoms with Crippen molar-refractivity contribution in [3.63, 3.8) is 0 Å². The van der Waals surface area contributed by atoms with Crippen LogP contribution in [0.25, 0.3) is 0 Å². The van der Waals surface area contributed by atoms with E-state index in [-0.39, 0.29) is 5.91 Å². The molecule has 0 saturated carbocycles. The largest absolute Gasteiger partial charge is 0.383 e. The van der Waals surface area contributed by atoms with Gasteiger partial charge in [-0.25, -0.2) is 0 Å². The van der Waals surface area contributed by atoms with Crippen molar-refractivity contribution in [3.8, 4) is 0 Å². The summed E-state index contributed by atoms with van der Waals surface area (Å²) in [5, 5.41) is 11.7. The summed E-state index contributed by atoms with van der Waals surface area (Å²) in [6, 6.07) is 0. The fraction of sp³-hybridized carbons (Fsp3) is 0.700. The minimum Gasteiger partial charge on any atom is -0.383 e. The molecule has 102 valence electrons. The first kappa shape index (κ1) is 15.0. The number of anilines is 1. The molecule has 0 aromatic carbocycles. The Balaban J connectivity index is 2.34. The molecular formula is C10H18N4O3S. The SMILES string of the molecule is COCCN(C)CC(=O)Nc1nnc(COC)s1. The number of carbonyl (C=O) groups is 1. The van der Waals surface area contributed by atoms with Crippen LogP contribution >= 0.6 is 11.3 Å². The van der Waals surface area contributed by atoms with E-state index in [1.165, 1.54) is 11.3 Å². The number of methoxy groups -OCH3 is 2. The van der Waals surface area contributed by atoms with Gasteiger partial charge in [-0.15, -0.1) is 10.2 Å². The first-order valence-electron chi connectivity index (χ1n) is 5.44. The van der Waals surface area contributed by atoms with Gasteiger partial charge in [-0.1, -0.05) is 11.3 Å². The maximum Gasteiger partial charge on any atom is 0.240 e. The van der Waals surface area contributed by atoms with Crippen LogP contribution in [0.15, 0.2) is 0 Å². The van der Waals surface area contributed by atoms with Crippen LogP contribution < -0.4 is 5.32 Å². The lowest BCUT2D eigenvalue weighted by Crippen LogP contribution is -2.32. The minimum absolute atomic E-state index is 0.117. The molecule has 0 fully saturated rings. The molecule has 1 heterocycles. The molecule has 0 aliphatic carbocycles. The second-order valence-electron chi connectivity index (χ2n) is 3.71. The Morgan fingerprint density at radius 3 is 2.83 bits per heavy atom. The summed E-state index contributed by atoms with van der Waals surface area (Å²) in [7, 11) is 5.08.